The molecule has 0 aromatic rings. The van der Waals surface area contributed by atoms with E-state index in [1.165, 1.54) is 0 Å². The van der Waals surface area contributed by atoms with Crippen molar-refractivity contribution in [3.63, 3.8) is 0 Å². The molecule has 0 aromatic heterocycles. The number of halogens is 2. The van der Waals surface area contributed by atoms with Gasteiger partial charge in [0.05, 0.1) is 0 Å². The Morgan fingerprint density at radius 1 is 0.857 bits per heavy atom. The zero-order chi connectivity index (χ0) is 6.41. The predicted octanol–water partition coefficient (Wildman–Crippen LogP) is 0.901. The first kappa shape index (κ1) is 7.30. The van der Waals surface area contributed by atoms with E-state index in [0.717, 1.165) is 0 Å². The summed E-state index contributed by atoms with van der Waals surface area (Å²) in [4.78, 5) is 0. The van der Waals surface area contributed by atoms with Crippen LogP contribution in [0, 0.1) is 0 Å². The summed E-state index contributed by atoms with van der Waals surface area (Å²) in [6, 6.07) is 0. The summed E-state index contributed by atoms with van der Waals surface area (Å²) in [5.74, 6) is 0. The topological polar surface area (TPSA) is 68.3 Å². The maximum absolute atomic E-state index is 9.24. The Bertz CT molecular complexity index is 322. The van der Waals surface area contributed by atoms with Gasteiger partial charge in [0.15, 0.2) is 0 Å². The molecule has 0 bridgehead atoms. The number of rotatable bonds is 0. The standard InChI is InChI=1S/2ClH.Cu.4O/h2*1H;;;;;/q;;+2;;;;/p-2. The zero-order valence-corrected chi connectivity index (χ0v) is 5.14. The van der Waals surface area contributed by atoms with Gasteiger partial charge in [-0.25, -0.2) is 0 Å². The molecule has 0 amide bonds. The fraction of sp³-hybridized carbons (Fsp3) is 0. The molecule has 0 saturated carbocycles. The maximum atomic E-state index is 9.24. The van der Waals surface area contributed by atoms with Gasteiger partial charge in [0.1, 0.15) is 0 Å². The minimum absolute atomic E-state index is 3.70. The van der Waals surface area contributed by atoms with Crippen molar-refractivity contribution in [3.05, 3.63) is 0 Å². The van der Waals surface area contributed by atoms with Gasteiger partial charge in [0, 0.05) is 0 Å². The van der Waals surface area contributed by atoms with Crippen molar-refractivity contribution in [1.82, 2.24) is 0 Å². The molecule has 0 aliphatic carbocycles. The predicted molar refractivity (Wildman–Crippen MR) is 14.5 cm³/mol. The van der Waals surface area contributed by atoms with Gasteiger partial charge in [-0.3, -0.25) is 0 Å². The minimum atomic E-state index is -7.49. The van der Waals surface area contributed by atoms with Crippen molar-refractivity contribution in [2.75, 3.05) is 0 Å². The molecule has 0 spiro atoms. The zero-order valence-electron chi connectivity index (χ0n) is 2.69. The van der Waals surface area contributed by atoms with Crippen LogP contribution in [0.1, 0.15) is 0 Å². The van der Waals surface area contributed by atoms with E-state index in [1.54, 1.807) is 0 Å². The quantitative estimate of drug-likeness (QED) is 0.542. The molecule has 0 aromatic carbocycles. The van der Waals surface area contributed by atoms with Gasteiger partial charge in [0.2, 0.25) is 0 Å². The second-order valence-corrected chi connectivity index (χ2v) is 7.45. The first-order chi connectivity index (χ1) is 2.45. The summed E-state index contributed by atoms with van der Waals surface area (Å²) < 4.78 is 36.9. The van der Waals surface area contributed by atoms with E-state index in [2.05, 4.69) is 20.2 Å². The number of hydrogen-bond donors (Lipinski definition) is 0. The van der Waals surface area contributed by atoms with Crippen LogP contribution in [0.5, 0.6) is 0 Å². The molecule has 0 atom stereocenters. The molecule has 4 nitrogen and oxygen atoms in total. The third-order valence-electron chi connectivity index (χ3n) is 0. The van der Waals surface area contributed by atoms with Gasteiger partial charge < -0.3 is 0 Å². The summed E-state index contributed by atoms with van der Waals surface area (Å²) in [7, 11) is -0.0957. The summed E-state index contributed by atoms with van der Waals surface area (Å²) in [5.41, 5.74) is 0. The van der Waals surface area contributed by atoms with Crippen LogP contribution >= 0.6 is 20.2 Å². The Hall–Kier alpha value is 0.299. The molecule has 0 fully saturated rings. The van der Waals surface area contributed by atoms with Crippen LogP contribution in [0.2, 0.25) is 0 Å². The Kier molecular flexibility index (Phi) is 0.788. The van der Waals surface area contributed by atoms with E-state index >= 15 is 0 Å². The van der Waals surface area contributed by atoms with Crippen molar-refractivity contribution in [2.45, 2.75) is 0 Å². The van der Waals surface area contributed by atoms with Crippen molar-refractivity contribution < 1.29 is 24.0 Å². The van der Waals surface area contributed by atoms with Crippen LogP contribution in [-0.2, 0) is 24.0 Å². The summed E-state index contributed by atoms with van der Waals surface area (Å²) >= 11 is 0. The van der Waals surface area contributed by atoms with E-state index in [0.29, 0.717) is 0 Å². The molecule has 49 valence electrons. The molecule has 0 saturated heterocycles. The van der Waals surface area contributed by atoms with Gasteiger partial charge >= 0.3 is 44.2 Å². The SMILES string of the molecule is [O]=[Cu](=[O])(=[O])(=[O])([Cl])[Cl]. The van der Waals surface area contributed by atoms with Crippen LogP contribution < -0.4 is 0 Å². The molecule has 7 heavy (non-hydrogen) atoms. The van der Waals surface area contributed by atoms with E-state index in [1.807, 2.05) is 0 Å². The first-order valence-corrected chi connectivity index (χ1v) is 4.85. The van der Waals surface area contributed by atoms with E-state index in [-0.39, 0.29) is 0 Å². The number of hydrogen-bond acceptors (Lipinski definition) is 4. The van der Waals surface area contributed by atoms with Crippen molar-refractivity contribution in [3.8, 4) is 0 Å². The Morgan fingerprint density at radius 3 is 0.857 bits per heavy atom. The van der Waals surface area contributed by atoms with Crippen LogP contribution in [0.4, 0.5) is 0 Å². The molecule has 0 rings (SSSR count). The normalized spacial score (nSPS) is 22.6. The molecule has 0 radical (unpaired) electrons. The van der Waals surface area contributed by atoms with Crippen LogP contribution in [-0.4, -0.2) is 0 Å². The van der Waals surface area contributed by atoms with Gasteiger partial charge in [-0.2, -0.15) is 0 Å². The fourth-order valence-electron chi connectivity index (χ4n) is 0. The monoisotopic (exact) mass is 197 g/mol. The molecule has 0 heterocycles. The molecular weight excluding hydrogens is 198 g/mol. The van der Waals surface area contributed by atoms with Gasteiger partial charge in [0.25, 0.3) is 0 Å². The summed E-state index contributed by atoms with van der Waals surface area (Å²) in [5, 5.41) is 0. The molecule has 7 heteroatoms. The van der Waals surface area contributed by atoms with E-state index in [4.69, 9.17) is 0 Å². The van der Waals surface area contributed by atoms with Crippen LogP contribution in [0.3, 0.4) is 0 Å². The third-order valence-corrected chi connectivity index (χ3v) is 0. The van der Waals surface area contributed by atoms with Crippen LogP contribution in [0.15, 0.2) is 0 Å². The fourth-order valence-corrected chi connectivity index (χ4v) is 0. The molecule has 0 unspecified atom stereocenters. The molecule has 0 aliphatic rings. The first-order valence-electron chi connectivity index (χ1n) is 0.720. The second-order valence-electron chi connectivity index (χ2n) is 0.717. The van der Waals surface area contributed by atoms with Gasteiger partial charge in [-0.1, -0.05) is 0 Å². The van der Waals surface area contributed by atoms with Gasteiger partial charge in [-0.15, -0.1) is 0 Å². The second kappa shape index (κ2) is 0.756. The van der Waals surface area contributed by atoms with Crippen molar-refractivity contribution in [2.24, 2.45) is 0 Å². The Balaban J connectivity index is 6.71. The third kappa shape index (κ3) is 1300. The Labute approximate surface area is 44.6 Å². The van der Waals surface area contributed by atoms with E-state index < -0.39 is 8.64 Å². The van der Waals surface area contributed by atoms with Crippen molar-refractivity contribution >= 4 is 20.2 Å². The average Bonchev–Trinajstić information content (AvgIpc) is 0.592. The average molecular weight is 198 g/mol. The molecule has 0 aliphatic heterocycles. The van der Waals surface area contributed by atoms with Gasteiger partial charge in [-0.05, 0) is 0 Å². The summed E-state index contributed by atoms with van der Waals surface area (Å²) in [6.07, 6.45) is 0. The Morgan fingerprint density at radius 2 is 0.857 bits per heavy atom. The van der Waals surface area contributed by atoms with E-state index in [9.17, 15) is 15.3 Å². The van der Waals surface area contributed by atoms with Crippen molar-refractivity contribution in [1.29, 1.82) is 0 Å². The molecule has 0 N–H and O–H groups in total. The summed E-state index contributed by atoms with van der Waals surface area (Å²) in [6.45, 7) is 0. The van der Waals surface area contributed by atoms with Crippen LogP contribution in [0.25, 0.3) is 0 Å². The molecular formula is Cl2CuO4.